The normalized spacial score (nSPS) is 18.6. The summed E-state index contributed by atoms with van der Waals surface area (Å²) in [4.78, 5) is 37.9. The van der Waals surface area contributed by atoms with Crippen molar-refractivity contribution in [2.24, 2.45) is 0 Å². The van der Waals surface area contributed by atoms with Crippen LogP contribution in [0.1, 0.15) is 25.3 Å². The van der Waals surface area contributed by atoms with Crippen LogP contribution in [0.25, 0.3) is 0 Å². The maximum Gasteiger partial charge on any atom is 0.416 e. The van der Waals surface area contributed by atoms with Crippen LogP contribution in [0.2, 0.25) is 0 Å². The van der Waals surface area contributed by atoms with Gasteiger partial charge < -0.3 is 10.2 Å². The molecule has 1 aliphatic carbocycles. The number of amides is 3. The second kappa shape index (κ2) is 8.46. The average Bonchev–Trinajstić information content (AvgIpc) is 3.50. The van der Waals surface area contributed by atoms with E-state index in [1.165, 1.54) is 0 Å². The van der Waals surface area contributed by atoms with Gasteiger partial charge in [0.05, 0.1) is 16.5 Å². The first-order valence-corrected chi connectivity index (χ1v) is 9.52. The predicted molar refractivity (Wildman–Crippen MR) is 101 cm³/mol. The van der Waals surface area contributed by atoms with Crippen LogP contribution in [0.5, 0.6) is 0 Å². The lowest BCUT2D eigenvalue weighted by Crippen LogP contribution is -2.55. The molecule has 1 aliphatic heterocycles. The molecule has 0 aromatic heterocycles. The van der Waals surface area contributed by atoms with Crippen LogP contribution in [-0.4, -0.2) is 60.0 Å². The number of hydrogen-bond donors (Lipinski definition) is 2. The van der Waals surface area contributed by atoms with E-state index in [4.69, 9.17) is 0 Å². The van der Waals surface area contributed by atoms with E-state index in [0.717, 1.165) is 25.0 Å². The Morgan fingerprint density at radius 1 is 1.20 bits per heavy atom. The SMILES string of the molecule is CC(C(=O)NC(=O)NC1CC1)N1CCN(c2ccc(C(F)(F)F)cc2[N+](=O)[O-])CC1. The molecular weight excluding hydrogens is 407 g/mol. The van der Waals surface area contributed by atoms with Crippen molar-refractivity contribution in [3.63, 3.8) is 0 Å². The number of nitrogens with zero attached hydrogens (tertiary/aromatic N) is 3. The molecule has 1 saturated heterocycles. The van der Waals surface area contributed by atoms with Gasteiger partial charge in [-0.3, -0.25) is 25.1 Å². The van der Waals surface area contributed by atoms with E-state index < -0.39 is 40.3 Å². The van der Waals surface area contributed by atoms with Gasteiger partial charge in [0, 0.05) is 38.3 Å². The van der Waals surface area contributed by atoms with Crippen molar-refractivity contribution < 1.29 is 27.7 Å². The van der Waals surface area contributed by atoms with Crippen molar-refractivity contribution >= 4 is 23.3 Å². The Morgan fingerprint density at radius 2 is 1.83 bits per heavy atom. The lowest BCUT2D eigenvalue weighted by Gasteiger charge is -2.38. The third kappa shape index (κ3) is 5.17. The molecule has 3 amide bonds. The molecule has 1 unspecified atom stereocenters. The van der Waals surface area contributed by atoms with E-state index in [1.54, 1.807) is 11.8 Å². The van der Waals surface area contributed by atoms with Crippen LogP contribution >= 0.6 is 0 Å². The number of rotatable bonds is 5. The number of alkyl halides is 3. The summed E-state index contributed by atoms with van der Waals surface area (Å²) in [6.45, 7) is 2.94. The van der Waals surface area contributed by atoms with Gasteiger partial charge in [0.15, 0.2) is 0 Å². The van der Waals surface area contributed by atoms with Gasteiger partial charge in [0.2, 0.25) is 5.91 Å². The highest BCUT2D eigenvalue weighted by molar-refractivity contribution is 5.97. The summed E-state index contributed by atoms with van der Waals surface area (Å²) in [6.07, 6.45) is -2.87. The number of urea groups is 1. The molecule has 1 aromatic carbocycles. The highest BCUT2D eigenvalue weighted by atomic mass is 19.4. The number of imide groups is 1. The Kier molecular flexibility index (Phi) is 6.15. The topological polar surface area (TPSA) is 108 Å². The quantitative estimate of drug-likeness (QED) is 0.548. The van der Waals surface area contributed by atoms with E-state index in [9.17, 15) is 32.9 Å². The minimum Gasteiger partial charge on any atom is -0.363 e. The summed E-state index contributed by atoms with van der Waals surface area (Å²) in [7, 11) is 0. The molecule has 0 bridgehead atoms. The lowest BCUT2D eigenvalue weighted by atomic mass is 10.1. The zero-order chi connectivity index (χ0) is 22.1. The Hall–Kier alpha value is -2.89. The van der Waals surface area contributed by atoms with Crippen molar-refractivity contribution in [3.8, 4) is 0 Å². The van der Waals surface area contributed by atoms with Crippen LogP contribution in [0.15, 0.2) is 18.2 Å². The smallest absolute Gasteiger partial charge is 0.363 e. The minimum absolute atomic E-state index is 0.105. The van der Waals surface area contributed by atoms with Gasteiger partial charge in [-0.2, -0.15) is 13.2 Å². The maximum absolute atomic E-state index is 12.9. The molecule has 2 aliphatic rings. The molecule has 3 rings (SSSR count). The average molecular weight is 429 g/mol. The molecular formula is C18H22F3N5O4. The second-order valence-corrected chi connectivity index (χ2v) is 7.39. The lowest BCUT2D eigenvalue weighted by molar-refractivity contribution is -0.384. The number of halogens is 3. The van der Waals surface area contributed by atoms with Gasteiger partial charge in [-0.1, -0.05) is 0 Å². The second-order valence-electron chi connectivity index (χ2n) is 7.39. The minimum atomic E-state index is -4.67. The molecule has 164 valence electrons. The first-order valence-electron chi connectivity index (χ1n) is 9.52. The largest absolute Gasteiger partial charge is 0.416 e. The van der Waals surface area contributed by atoms with Crippen LogP contribution in [0.3, 0.4) is 0 Å². The molecule has 12 heteroatoms. The van der Waals surface area contributed by atoms with Gasteiger partial charge in [-0.25, -0.2) is 4.79 Å². The van der Waals surface area contributed by atoms with Crippen LogP contribution in [-0.2, 0) is 11.0 Å². The molecule has 1 saturated carbocycles. The molecule has 1 atom stereocenters. The zero-order valence-electron chi connectivity index (χ0n) is 16.2. The number of nitrogens with one attached hydrogen (secondary N) is 2. The van der Waals surface area contributed by atoms with Gasteiger partial charge >= 0.3 is 12.2 Å². The van der Waals surface area contributed by atoms with E-state index in [1.807, 2.05) is 4.90 Å². The highest BCUT2D eigenvalue weighted by Crippen LogP contribution is 2.36. The summed E-state index contributed by atoms with van der Waals surface area (Å²) in [6, 6.07) is 1.46. The number of carbonyl (C=O) groups excluding carboxylic acids is 2. The molecule has 30 heavy (non-hydrogen) atoms. The molecule has 0 radical (unpaired) electrons. The number of benzene rings is 1. The van der Waals surface area contributed by atoms with E-state index >= 15 is 0 Å². The fourth-order valence-electron chi connectivity index (χ4n) is 3.29. The molecule has 9 nitrogen and oxygen atoms in total. The van der Waals surface area contributed by atoms with E-state index in [0.29, 0.717) is 19.2 Å². The number of nitro groups is 1. The summed E-state index contributed by atoms with van der Waals surface area (Å²) in [5, 5.41) is 16.3. The van der Waals surface area contributed by atoms with Gasteiger partial charge in [0.25, 0.3) is 5.69 Å². The molecule has 1 aromatic rings. The van der Waals surface area contributed by atoms with E-state index in [-0.39, 0.29) is 24.8 Å². The number of nitro benzene ring substituents is 1. The highest BCUT2D eigenvalue weighted by Gasteiger charge is 2.35. The van der Waals surface area contributed by atoms with Crippen LogP contribution in [0.4, 0.5) is 29.3 Å². The van der Waals surface area contributed by atoms with Gasteiger partial charge in [0.1, 0.15) is 5.69 Å². The van der Waals surface area contributed by atoms with Crippen molar-refractivity contribution in [2.75, 3.05) is 31.1 Å². The zero-order valence-corrected chi connectivity index (χ0v) is 16.2. The summed E-state index contributed by atoms with van der Waals surface area (Å²) in [5.41, 5.74) is -1.58. The van der Waals surface area contributed by atoms with Gasteiger partial charge in [-0.15, -0.1) is 0 Å². The summed E-state index contributed by atoms with van der Waals surface area (Å²) < 4.78 is 38.6. The van der Waals surface area contributed by atoms with Gasteiger partial charge in [-0.05, 0) is 31.9 Å². The fourth-order valence-corrected chi connectivity index (χ4v) is 3.29. The summed E-state index contributed by atoms with van der Waals surface area (Å²) >= 11 is 0. The molecule has 1 heterocycles. The molecule has 0 spiro atoms. The Balaban J connectivity index is 1.61. The standard InChI is InChI=1S/C18H22F3N5O4/c1-11(16(27)23-17(28)22-13-3-4-13)24-6-8-25(9-7-24)14-5-2-12(18(19,20)21)10-15(14)26(29)30/h2,5,10-11,13H,3-4,6-9H2,1H3,(H2,22,23,27,28). The number of anilines is 1. The predicted octanol–water partition coefficient (Wildman–Crippen LogP) is 2.11. The van der Waals surface area contributed by atoms with Crippen molar-refractivity contribution in [1.82, 2.24) is 15.5 Å². The first kappa shape index (κ1) is 21.8. The molecule has 2 N–H and O–H groups in total. The maximum atomic E-state index is 12.9. The fraction of sp³-hybridized carbons (Fsp3) is 0.556. The molecule has 2 fully saturated rings. The van der Waals surface area contributed by atoms with Crippen LogP contribution < -0.4 is 15.5 Å². The Labute approximate surface area is 170 Å². The Bertz CT molecular complexity index is 836. The van der Waals surface area contributed by atoms with E-state index in [2.05, 4.69) is 10.6 Å². The third-order valence-corrected chi connectivity index (χ3v) is 5.23. The van der Waals surface area contributed by atoms with Crippen molar-refractivity contribution in [3.05, 3.63) is 33.9 Å². The first-order chi connectivity index (χ1) is 14.1. The van der Waals surface area contributed by atoms with Crippen molar-refractivity contribution in [1.29, 1.82) is 0 Å². The number of carbonyl (C=O) groups is 2. The Morgan fingerprint density at radius 3 is 2.37 bits per heavy atom. The van der Waals surface area contributed by atoms with Crippen molar-refractivity contribution in [2.45, 2.75) is 38.0 Å². The summed E-state index contributed by atoms with van der Waals surface area (Å²) in [5.74, 6) is -0.456. The van der Waals surface area contributed by atoms with Crippen LogP contribution in [0, 0.1) is 10.1 Å². The monoisotopic (exact) mass is 429 g/mol. The third-order valence-electron chi connectivity index (χ3n) is 5.23. The number of piperazine rings is 1. The number of hydrogen-bond acceptors (Lipinski definition) is 6.